The van der Waals surface area contributed by atoms with Crippen LogP contribution in [0.2, 0.25) is 0 Å². The van der Waals surface area contributed by atoms with Crippen molar-refractivity contribution in [2.24, 2.45) is 0 Å². The second-order valence-corrected chi connectivity index (χ2v) is 5.55. The first-order valence-corrected chi connectivity index (χ1v) is 7.82. The maximum absolute atomic E-state index is 11.8. The summed E-state index contributed by atoms with van der Waals surface area (Å²) in [6, 6.07) is 0. The number of unbranched alkanes of at least 4 members (excludes halogenated alkanes) is 2. The molecule has 1 heterocycles. The van der Waals surface area contributed by atoms with Gasteiger partial charge >= 0.3 is 6.09 Å². The van der Waals surface area contributed by atoms with Crippen LogP contribution in [0.5, 0.6) is 0 Å². The average molecular weight is 350 g/mol. The van der Waals surface area contributed by atoms with Crippen LogP contribution in [0.15, 0.2) is 0 Å². The summed E-state index contributed by atoms with van der Waals surface area (Å²) in [5.74, 6) is -0.389. The van der Waals surface area contributed by atoms with Crippen molar-refractivity contribution < 1.29 is 39.5 Å². The van der Waals surface area contributed by atoms with Crippen LogP contribution in [0.25, 0.3) is 0 Å². The topological polar surface area (TPSA) is 158 Å². The quantitative estimate of drug-likeness (QED) is 0.270. The molecule has 5 atom stereocenters. The second-order valence-electron chi connectivity index (χ2n) is 5.55. The Balaban J connectivity index is 2.25. The molecule has 5 unspecified atom stereocenters. The third-order valence-electron chi connectivity index (χ3n) is 3.73. The van der Waals surface area contributed by atoms with Gasteiger partial charge in [-0.25, -0.2) is 4.79 Å². The van der Waals surface area contributed by atoms with E-state index in [1.54, 1.807) is 0 Å². The SMILES string of the molecule is COC(=O)NCCCCCC(=O)NC1OC(CO)C(O)C(O)C1O. The van der Waals surface area contributed by atoms with Gasteiger partial charge < -0.3 is 40.5 Å². The molecule has 1 fully saturated rings. The zero-order chi connectivity index (χ0) is 18.1. The predicted molar refractivity (Wildman–Crippen MR) is 80.8 cm³/mol. The first-order valence-electron chi connectivity index (χ1n) is 7.82. The van der Waals surface area contributed by atoms with Crippen molar-refractivity contribution in [2.75, 3.05) is 20.3 Å². The molecular weight excluding hydrogens is 324 g/mol. The van der Waals surface area contributed by atoms with E-state index in [1.807, 2.05) is 0 Å². The molecule has 140 valence electrons. The van der Waals surface area contributed by atoms with Crippen molar-refractivity contribution in [3.8, 4) is 0 Å². The third kappa shape index (κ3) is 6.21. The van der Waals surface area contributed by atoms with E-state index in [-0.39, 0.29) is 12.3 Å². The number of methoxy groups -OCH3 is 1. The van der Waals surface area contributed by atoms with E-state index >= 15 is 0 Å². The van der Waals surface area contributed by atoms with E-state index in [1.165, 1.54) is 7.11 Å². The molecule has 1 rings (SSSR count). The molecule has 24 heavy (non-hydrogen) atoms. The van der Waals surface area contributed by atoms with Gasteiger partial charge in [0, 0.05) is 13.0 Å². The van der Waals surface area contributed by atoms with E-state index < -0.39 is 43.3 Å². The van der Waals surface area contributed by atoms with Crippen molar-refractivity contribution in [1.82, 2.24) is 10.6 Å². The summed E-state index contributed by atoms with van der Waals surface area (Å²) in [7, 11) is 1.28. The van der Waals surface area contributed by atoms with Crippen molar-refractivity contribution >= 4 is 12.0 Å². The van der Waals surface area contributed by atoms with E-state index in [9.17, 15) is 24.9 Å². The Morgan fingerprint density at radius 1 is 1.08 bits per heavy atom. The van der Waals surface area contributed by atoms with Gasteiger partial charge in [-0.1, -0.05) is 6.42 Å². The molecule has 0 aromatic carbocycles. The zero-order valence-corrected chi connectivity index (χ0v) is 13.6. The molecule has 1 aliphatic heterocycles. The van der Waals surface area contributed by atoms with E-state index in [0.717, 1.165) is 0 Å². The summed E-state index contributed by atoms with van der Waals surface area (Å²) in [4.78, 5) is 22.6. The fraction of sp³-hybridized carbons (Fsp3) is 0.857. The van der Waals surface area contributed by atoms with Gasteiger partial charge in [0.1, 0.15) is 24.4 Å². The smallest absolute Gasteiger partial charge is 0.406 e. The Morgan fingerprint density at radius 2 is 1.79 bits per heavy atom. The first-order chi connectivity index (χ1) is 11.4. The molecule has 1 saturated heterocycles. The number of aliphatic hydroxyl groups is 4. The highest BCUT2D eigenvalue weighted by Crippen LogP contribution is 2.19. The number of ether oxygens (including phenoxy) is 2. The van der Waals surface area contributed by atoms with Crippen LogP contribution < -0.4 is 10.6 Å². The van der Waals surface area contributed by atoms with Crippen LogP contribution in [0.1, 0.15) is 25.7 Å². The van der Waals surface area contributed by atoms with Crippen LogP contribution in [0.4, 0.5) is 4.79 Å². The number of nitrogens with one attached hydrogen (secondary N) is 2. The molecule has 0 radical (unpaired) electrons. The molecule has 0 bridgehead atoms. The lowest BCUT2D eigenvalue weighted by atomic mass is 9.98. The van der Waals surface area contributed by atoms with Crippen molar-refractivity contribution in [3.05, 3.63) is 0 Å². The normalized spacial score (nSPS) is 29.8. The molecular formula is C14H26N2O8. The minimum absolute atomic E-state index is 0.174. The lowest BCUT2D eigenvalue weighted by molar-refractivity contribution is -0.236. The Morgan fingerprint density at radius 3 is 2.42 bits per heavy atom. The maximum Gasteiger partial charge on any atom is 0.406 e. The van der Waals surface area contributed by atoms with Crippen LogP contribution in [-0.4, -0.2) is 83.3 Å². The Bertz CT molecular complexity index is 406. The van der Waals surface area contributed by atoms with E-state index in [4.69, 9.17) is 9.84 Å². The number of hydrogen-bond donors (Lipinski definition) is 6. The molecule has 0 aromatic rings. The number of amides is 2. The highest BCUT2D eigenvalue weighted by molar-refractivity contribution is 5.76. The molecule has 2 amide bonds. The molecule has 6 N–H and O–H groups in total. The Labute approximate surface area is 139 Å². The Kier molecular flexibility index (Phi) is 8.93. The summed E-state index contributed by atoms with van der Waals surface area (Å²) in [6.07, 6.45) is -5.11. The molecule has 0 aliphatic carbocycles. The summed E-state index contributed by atoms with van der Waals surface area (Å²) < 4.78 is 9.60. The minimum atomic E-state index is -1.52. The van der Waals surface area contributed by atoms with Crippen molar-refractivity contribution in [3.63, 3.8) is 0 Å². The van der Waals surface area contributed by atoms with Gasteiger partial charge in [0.2, 0.25) is 5.91 Å². The van der Waals surface area contributed by atoms with E-state index in [0.29, 0.717) is 25.8 Å². The number of rotatable bonds is 8. The van der Waals surface area contributed by atoms with Gasteiger partial charge in [-0.3, -0.25) is 4.79 Å². The van der Waals surface area contributed by atoms with E-state index in [2.05, 4.69) is 15.4 Å². The van der Waals surface area contributed by atoms with Crippen LogP contribution in [0, 0.1) is 0 Å². The Hall–Kier alpha value is -1.46. The highest BCUT2D eigenvalue weighted by atomic mass is 16.6. The standard InChI is InChI=1S/C14H26N2O8/c1-23-14(22)15-6-4-2-3-5-9(18)16-13-12(21)11(20)10(19)8(7-17)24-13/h8,10-13,17,19-21H,2-7H2,1H3,(H,15,22)(H,16,18). The maximum atomic E-state index is 11.8. The summed E-state index contributed by atoms with van der Waals surface area (Å²) in [6.45, 7) is -0.106. The number of aliphatic hydroxyl groups excluding tert-OH is 4. The lowest BCUT2D eigenvalue weighted by Gasteiger charge is -2.40. The van der Waals surface area contributed by atoms with Gasteiger partial charge in [-0.05, 0) is 12.8 Å². The largest absolute Gasteiger partial charge is 0.453 e. The van der Waals surface area contributed by atoms with Crippen LogP contribution in [0.3, 0.4) is 0 Å². The minimum Gasteiger partial charge on any atom is -0.453 e. The first kappa shape index (κ1) is 20.6. The van der Waals surface area contributed by atoms with Gasteiger partial charge in [-0.15, -0.1) is 0 Å². The highest BCUT2D eigenvalue weighted by Gasteiger charge is 2.43. The zero-order valence-electron chi connectivity index (χ0n) is 13.6. The second kappa shape index (κ2) is 10.4. The van der Waals surface area contributed by atoms with Gasteiger partial charge in [-0.2, -0.15) is 0 Å². The number of alkyl carbamates (subject to hydrolysis) is 1. The van der Waals surface area contributed by atoms with Gasteiger partial charge in [0.05, 0.1) is 13.7 Å². The van der Waals surface area contributed by atoms with Crippen LogP contribution >= 0.6 is 0 Å². The third-order valence-corrected chi connectivity index (χ3v) is 3.73. The predicted octanol–water partition coefficient (Wildman–Crippen LogP) is -2.18. The number of hydrogen-bond acceptors (Lipinski definition) is 8. The van der Waals surface area contributed by atoms with Crippen molar-refractivity contribution in [2.45, 2.75) is 56.3 Å². The number of carbonyl (C=O) groups excluding carboxylic acids is 2. The van der Waals surface area contributed by atoms with Gasteiger partial charge in [0.15, 0.2) is 6.23 Å². The lowest BCUT2D eigenvalue weighted by Crippen LogP contribution is -2.63. The van der Waals surface area contributed by atoms with Crippen molar-refractivity contribution in [1.29, 1.82) is 0 Å². The molecule has 0 spiro atoms. The molecule has 1 aliphatic rings. The molecule has 10 heteroatoms. The summed E-state index contributed by atoms with van der Waals surface area (Å²) in [5.41, 5.74) is 0. The molecule has 10 nitrogen and oxygen atoms in total. The summed E-state index contributed by atoms with van der Waals surface area (Å²) in [5, 5.41) is 43.1. The summed E-state index contributed by atoms with van der Waals surface area (Å²) >= 11 is 0. The number of carbonyl (C=O) groups is 2. The molecule has 0 aromatic heterocycles. The monoisotopic (exact) mass is 350 g/mol. The fourth-order valence-corrected chi connectivity index (χ4v) is 2.30. The average Bonchev–Trinajstić information content (AvgIpc) is 2.58. The van der Waals surface area contributed by atoms with Crippen LogP contribution in [-0.2, 0) is 14.3 Å². The fourth-order valence-electron chi connectivity index (χ4n) is 2.30. The molecule has 0 saturated carbocycles. The van der Waals surface area contributed by atoms with Gasteiger partial charge in [0.25, 0.3) is 0 Å².